The van der Waals surface area contributed by atoms with E-state index in [2.05, 4.69) is 4.74 Å². The molecule has 0 aromatic heterocycles. The summed E-state index contributed by atoms with van der Waals surface area (Å²) >= 11 is 11.8. The van der Waals surface area contributed by atoms with Crippen LogP contribution in [-0.4, -0.2) is 19.7 Å². The van der Waals surface area contributed by atoms with Crippen molar-refractivity contribution < 1.29 is 14.3 Å². The van der Waals surface area contributed by atoms with Gasteiger partial charge in [0.15, 0.2) is 0 Å². The van der Waals surface area contributed by atoms with E-state index in [-0.39, 0.29) is 12.6 Å². The summed E-state index contributed by atoms with van der Waals surface area (Å²) in [5, 5.41) is 0.982. The van der Waals surface area contributed by atoms with Crippen LogP contribution in [0, 0.1) is 5.41 Å². The van der Waals surface area contributed by atoms with Gasteiger partial charge >= 0.3 is 5.97 Å². The molecule has 0 atom stereocenters. The second-order valence-corrected chi connectivity index (χ2v) is 5.08. The summed E-state index contributed by atoms with van der Waals surface area (Å²) in [6.07, 6.45) is 0. The van der Waals surface area contributed by atoms with Gasteiger partial charge in [0.1, 0.15) is 12.4 Å². The van der Waals surface area contributed by atoms with Crippen LogP contribution in [0.25, 0.3) is 0 Å². The summed E-state index contributed by atoms with van der Waals surface area (Å²) in [5.74, 6) is 0.117. The third-order valence-electron chi connectivity index (χ3n) is 2.22. The maximum atomic E-state index is 11.4. The van der Waals surface area contributed by atoms with Crippen molar-refractivity contribution in [1.82, 2.24) is 0 Å². The summed E-state index contributed by atoms with van der Waals surface area (Å²) in [6, 6.07) is 4.92. The van der Waals surface area contributed by atoms with Crippen molar-refractivity contribution in [2.75, 3.05) is 13.7 Å². The molecule has 17 heavy (non-hydrogen) atoms. The molecule has 0 heterocycles. The zero-order valence-electron chi connectivity index (χ0n) is 9.92. The Morgan fingerprint density at radius 3 is 2.59 bits per heavy atom. The number of carbonyl (C=O) groups is 1. The van der Waals surface area contributed by atoms with Crippen molar-refractivity contribution in [3.63, 3.8) is 0 Å². The molecule has 0 saturated heterocycles. The standard InChI is InChI=1S/C12H14Cl2O3/c1-12(2,11(15)16-3)7-17-10-6-8(13)4-5-9(10)14/h4-6H,7H2,1-3H3. The lowest BCUT2D eigenvalue weighted by molar-refractivity contribution is -0.152. The molecule has 1 aromatic rings. The molecule has 94 valence electrons. The van der Waals surface area contributed by atoms with Crippen molar-refractivity contribution in [3.8, 4) is 5.75 Å². The van der Waals surface area contributed by atoms with Crippen LogP contribution in [0.2, 0.25) is 10.0 Å². The number of hydrogen-bond acceptors (Lipinski definition) is 3. The van der Waals surface area contributed by atoms with Crippen molar-refractivity contribution in [2.45, 2.75) is 13.8 Å². The average Bonchev–Trinajstić information content (AvgIpc) is 2.29. The number of carbonyl (C=O) groups excluding carboxylic acids is 1. The van der Waals surface area contributed by atoms with Gasteiger partial charge in [-0.1, -0.05) is 23.2 Å². The second kappa shape index (κ2) is 5.61. The molecular weight excluding hydrogens is 263 g/mol. The maximum Gasteiger partial charge on any atom is 0.314 e. The number of hydrogen-bond donors (Lipinski definition) is 0. The fourth-order valence-corrected chi connectivity index (χ4v) is 1.52. The Balaban J connectivity index is 2.73. The van der Waals surface area contributed by atoms with Crippen LogP contribution in [-0.2, 0) is 9.53 Å². The topological polar surface area (TPSA) is 35.5 Å². The fraction of sp³-hybridized carbons (Fsp3) is 0.417. The summed E-state index contributed by atoms with van der Waals surface area (Å²) < 4.78 is 10.2. The van der Waals surface area contributed by atoms with Crippen LogP contribution >= 0.6 is 23.2 Å². The molecule has 3 nitrogen and oxygen atoms in total. The highest BCUT2D eigenvalue weighted by Crippen LogP contribution is 2.29. The van der Waals surface area contributed by atoms with Gasteiger partial charge in [0.25, 0.3) is 0 Å². The molecular formula is C12H14Cl2O3. The molecule has 5 heteroatoms. The smallest absolute Gasteiger partial charge is 0.314 e. The Kier molecular flexibility index (Phi) is 4.66. The zero-order chi connectivity index (χ0) is 13.1. The van der Waals surface area contributed by atoms with Crippen LogP contribution in [0.5, 0.6) is 5.75 Å². The van der Waals surface area contributed by atoms with Gasteiger partial charge in [-0.15, -0.1) is 0 Å². The molecule has 0 unspecified atom stereocenters. The summed E-state index contributed by atoms with van der Waals surface area (Å²) in [6.45, 7) is 3.63. The SMILES string of the molecule is COC(=O)C(C)(C)COc1cc(Cl)ccc1Cl. The van der Waals surface area contributed by atoms with Crippen molar-refractivity contribution in [2.24, 2.45) is 5.41 Å². The van der Waals surface area contributed by atoms with Crippen LogP contribution in [0.3, 0.4) is 0 Å². The number of esters is 1. The van der Waals surface area contributed by atoms with Gasteiger partial charge in [0.2, 0.25) is 0 Å². The number of halogens is 2. The Morgan fingerprint density at radius 2 is 2.00 bits per heavy atom. The van der Waals surface area contributed by atoms with Crippen LogP contribution in [0.15, 0.2) is 18.2 Å². The summed E-state index contributed by atoms with van der Waals surface area (Å²) in [7, 11) is 1.34. The van der Waals surface area contributed by atoms with Crippen LogP contribution < -0.4 is 4.74 Å². The lowest BCUT2D eigenvalue weighted by Crippen LogP contribution is -2.32. The van der Waals surface area contributed by atoms with E-state index in [4.69, 9.17) is 27.9 Å². The first kappa shape index (κ1) is 14.1. The molecule has 0 bridgehead atoms. The third kappa shape index (κ3) is 3.79. The average molecular weight is 277 g/mol. The van der Waals surface area contributed by atoms with Crippen molar-refractivity contribution >= 4 is 29.2 Å². The zero-order valence-corrected chi connectivity index (χ0v) is 11.4. The van der Waals surface area contributed by atoms with E-state index in [1.165, 1.54) is 7.11 Å². The normalized spacial score (nSPS) is 11.1. The molecule has 1 aromatic carbocycles. The lowest BCUT2D eigenvalue weighted by Gasteiger charge is -2.22. The molecule has 0 radical (unpaired) electrons. The quantitative estimate of drug-likeness (QED) is 0.789. The second-order valence-electron chi connectivity index (χ2n) is 4.24. The highest BCUT2D eigenvalue weighted by Gasteiger charge is 2.30. The number of benzene rings is 1. The molecule has 0 saturated carbocycles. The molecule has 0 aliphatic carbocycles. The molecule has 0 aliphatic heterocycles. The minimum absolute atomic E-state index is 0.166. The predicted molar refractivity (Wildman–Crippen MR) is 67.8 cm³/mol. The van der Waals surface area contributed by atoms with Gasteiger partial charge in [-0.2, -0.15) is 0 Å². The van der Waals surface area contributed by atoms with Crippen LogP contribution in [0.1, 0.15) is 13.8 Å². The largest absolute Gasteiger partial charge is 0.491 e. The number of methoxy groups -OCH3 is 1. The van der Waals surface area contributed by atoms with Crippen LogP contribution in [0.4, 0.5) is 0 Å². The molecule has 0 spiro atoms. The maximum absolute atomic E-state index is 11.4. The highest BCUT2D eigenvalue weighted by atomic mass is 35.5. The van der Waals surface area contributed by atoms with Crippen molar-refractivity contribution in [3.05, 3.63) is 28.2 Å². The van der Waals surface area contributed by atoms with Crippen molar-refractivity contribution in [1.29, 1.82) is 0 Å². The van der Waals surface area contributed by atoms with Gasteiger partial charge in [-0.3, -0.25) is 4.79 Å². The minimum atomic E-state index is -0.736. The number of rotatable bonds is 4. The highest BCUT2D eigenvalue weighted by molar-refractivity contribution is 6.34. The molecule has 0 amide bonds. The molecule has 1 rings (SSSR count). The first-order chi connectivity index (χ1) is 7.86. The van der Waals surface area contributed by atoms with E-state index in [0.29, 0.717) is 15.8 Å². The Bertz CT molecular complexity index is 416. The monoisotopic (exact) mass is 276 g/mol. The van der Waals surface area contributed by atoms with Gasteiger partial charge in [0.05, 0.1) is 17.5 Å². The Morgan fingerprint density at radius 1 is 1.35 bits per heavy atom. The van der Waals surface area contributed by atoms with E-state index in [1.54, 1.807) is 32.0 Å². The van der Waals surface area contributed by atoms with Gasteiger partial charge in [0, 0.05) is 11.1 Å². The first-order valence-electron chi connectivity index (χ1n) is 5.03. The minimum Gasteiger partial charge on any atom is -0.491 e. The summed E-state index contributed by atoms with van der Waals surface area (Å²) in [5.41, 5.74) is -0.736. The lowest BCUT2D eigenvalue weighted by atomic mass is 9.95. The van der Waals surface area contributed by atoms with Gasteiger partial charge in [-0.25, -0.2) is 0 Å². The molecule has 0 fully saturated rings. The summed E-state index contributed by atoms with van der Waals surface area (Å²) in [4.78, 5) is 11.4. The fourth-order valence-electron chi connectivity index (χ4n) is 1.18. The first-order valence-corrected chi connectivity index (χ1v) is 5.78. The predicted octanol–water partition coefficient (Wildman–Crippen LogP) is 3.57. The van der Waals surface area contributed by atoms with Gasteiger partial charge < -0.3 is 9.47 Å². The van der Waals surface area contributed by atoms with E-state index < -0.39 is 5.41 Å². The Labute approximate surface area is 111 Å². The Hall–Kier alpha value is -0.930. The van der Waals surface area contributed by atoms with Gasteiger partial charge in [-0.05, 0) is 26.0 Å². The van der Waals surface area contributed by atoms with E-state index in [1.807, 2.05) is 0 Å². The molecule has 0 aliphatic rings. The van der Waals surface area contributed by atoms with E-state index in [0.717, 1.165) is 0 Å². The molecule has 0 N–H and O–H groups in total. The van der Waals surface area contributed by atoms with E-state index >= 15 is 0 Å². The number of ether oxygens (including phenoxy) is 2. The third-order valence-corrected chi connectivity index (χ3v) is 2.77. The van der Waals surface area contributed by atoms with E-state index in [9.17, 15) is 4.79 Å².